The van der Waals surface area contributed by atoms with E-state index in [9.17, 15) is 0 Å². The van der Waals surface area contributed by atoms with Crippen LogP contribution in [0.2, 0.25) is 0 Å². The molecular weight excluding hydrogens is 474 g/mol. The monoisotopic (exact) mass is 499 g/mol. The van der Waals surface area contributed by atoms with Crippen molar-refractivity contribution in [3.8, 4) is 22.9 Å². The van der Waals surface area contributed by atoms with E-state index in [1.165, 1.54) is 0 Å². The van der Waals surface area contributed by atoms with E-state index in [0.717, 1.165) is 39.2 Å². The van der Waals surface area contributed by atoms with Crippen LogP contribution in [0.5, 0.6) is 11.6 Å². The molecule has 0 saturated carbocycles. The van der Waals surface area contributed by atoms with Crippen molar-refractivity contribution in [3.63, 3.8) is 0 Å². The fourth-order valence-electron chi connectivity index (χ4n) is 4.52. The van der Waals surface area contributed by atoms with Crippen LogP contribution in [0.15, 0.2) is 110 Å². The topological polar surface area (TPSA) is 102 Å². The molecule has 0 fully saturated rings. The Labute approximate surface area is 220 Å². The number of anilines is 2. The lowest BCUT2D eigenvalue weighted by Gasteiger charge is -2.35. The Kier molecular flexibility index (Phi) is 6.21. The number of nitrogens with zero attached hydrogens (tertiary/aromatic N) is 5. The average Bonchev–Trinajstić information content (AvgIpc) is 2.99. The van der Waals surface area contributed by atoms with Crippen molar-refractivity contribution in [2.75, 3.05) is 17.3 Å². The quantitative estimate of drug-likeness (QED) is 0.310. The summed E-state index contributed by atoms with van der Waals surface area (Å²) in [4.78, 5) is 19.5. The van der Waals surface area contributed by atoms with Crippen molar-refractivity contribution in [1.29, 1.82) is 0 Å². The SMILES string of the molecule is CNc1nccc(-c2cccnc2Oc2ccc(N3C=C(c4cccnc4)c4ccccc4C3N)cc2)n1. The van der Waals surface area contributed by atoms with Gasteiger partial charge < -0.3 is 20.7 Å². The predicted octanol–water partition coefficient (Wildman–Crippen LogP) is 5.63. The molecule has 0 saturated heterocycles. The molecule has 8 heteroatoms. The van der Waals surface area contributed by atoms with E-state index in [1.54, 1.807) is 25.6 Å². The number of hydrogen-bond acceptors (Lipinski definition) is 8. The minimum atomic E-state index is -0.333. The number of nitrogens with one attached hydrogen (secondary N) is 1. The molecule has 6 rings (SSSR count). The number of ether oxygens (including phenoxy) is 1. The van der Waals surface area contributed by atoms with Crippen LogP contribution < -0.4 is 20.7 Å². The first-order valence-corrected chi connectivity index (χ1v) is 12.2. The highest BCUT2D eigenvalue weighted by Crippen LogP contribution is 2.39. The van der Waals surface area contributed by atoms with Gasteiger partial charge in [-0.15, -0.1) is 0 Å². The number of hydrogen-bond donors (Lipinski definition) is 2. The zero-order valence-corrected chi connectivity index (χ0v) is 20.7. The lowest BCUT2D eigenvalue weighted by Crippen LogP contribution is -2.34. The van der Waals surface area contributed by atoms with Gasteiger partial charge in [0.1, 0.15) is 11.9 Å². The second kappa shape index (κ2) is 10.1. The van der Waals surface area contributed by atoms with Crippen LogP contribution in [-0.4, -0.2) is 27.0 Å². The largest absolute Gasteiger partial charge is 0.438 e. The van der Waals surface area contributed by atoms with Gasteiger partial charge >= 0.3 is 0 Å². The third-order valence-corrected chi connectivity index (χ3v) is 6.39. The van der Waals surface area contributed by atoms with Crippen LogP contribution in [0.3, 0.4) is 0 Å². The maximum atomic E-state index is 6.74. The molecule has 38 heavy (non-hydrogen) atoms. The van der Waals surface area contributed by atoms with Crippen molar-refractivity contribution in [2.24, 2.45) is 5.73 Å². The zero-order valence-electron chi connectivity index (χ0n) is 20.7. The summed E-state index contributed by atoms with van der Waals surface area (Å²) in [5.74, 6) is 1.64. The first-order valence-electron chi connectivity index (χ1n) is 12.2. The van der Waals surface area contributed by atoms with E-state index in [4.69, 9.17) is 10.5 Å². The standard InChI is InChI=1S/C30H25N7O/c1-32-30-35-17-14-27(36-30)25-9-5-16-34-29(25)38-22-12-10-21(11-13-22)37-19-26(20-6-4-15-33-18-20)23-7-2-3-8-24(23)28(37)31/h2-19,28H,31H2,1H3,(H,32,35,36). The molecule has 0 amide bonds. The molecule has 1 aliphatic rings. The van der Waals surface area contributed by atoms with Gasteiger partial charge in [-0.1, -0.05) is 30.3 Å². The number of benzene rings is 2. The first-order chi connectivity index (χ1) is 18.7. The minimum absolute atomic E-state index is 0.333. The lowest BCUT2D eigenvalue weighted by molar-refractivity contribution is 0.464. The Hall–Kier alpha value is -5.08. The number of pyridine rings is 2. The number of rotatable bonds is 6. The Bertz CT molecular complexity index is 1600. The van der Waals surface area contributed by atoms with Crippen LogP contribution in [0.1, 0.15) is 22.9 Å². The lowest BCUT2D eigenvalue weighted by atomic mass is 9.90. The highest BCUT2D eigenvalue weighted by molar-refractivity contribution is 5.85. The molecule has 0 bridgehead atoms. The Morgan fingerprint density at radius 1 is 0.842 bits per heavy atom. The normalized spacial score (nSPS) is 14.4. The second-order valence-corrected chi connectivity index (χ2v) is 8.69. The third kappa shape index (κ3) is 4.44. The van der Waals surface area contributed by atoms with Gasteiger partial charge in [0, 0.05) is 54.9 Å². The molecule has 0 radical (unpaired) electrons. The molecule has 5 aromatic rings. The van der Waals surface area contributed by atoms with E-state index in [0.29, 0.717) is 17.6 Å². The van der Waals surface area contributed by atoms with Crippen LogP contribution in [0.4, 0.5) is 11.6 Å². The second-order valence-electron chi connectivity index (χ2n) is 8.69. The maximum absolute atomic E-state index is 6.74. The van der Waals surface area contributed by atoms with Crippen molar-refractivity contribution in [1.82, 2.24) is 19.9 Å². The van der Waals surface area contributed by atoms with Crippen molar-refractivity contribution in [2.45, 2.75) is 6.17 Å². The van der Waals surface area contributed by atoms with Crippen molar-refractivity contribution < 1.29 is 4.74 Å². The van der Waals surface area contributed by atoms with Crippen molar-refractivity contribution in [3.05, 3.63) is 127 Å². The van der Waals surface area contributed by atoms with Gasteiger partial charge in [0.05, 0.1) is 11.3 Å². The summed E-state index contributed by atoms with van der Waals surface area (Å²) in [5.41, 5.74) is 13.4. The smallest absolute Gasteiger partial charge is 0.228 e. The summed E-state index contributed by atoms with van der Waals surface area (Å²) >= 11 is 0. The summed E-state index contributed by atoms with van der Waals surface area (Å²) in [6.45, 7) is 0. The van der Waals surface area contributed by atoms with Gasteiger partial charge in [0.25, 0.3) is 0 Å². The molecule has 1 atom stereocenters. The Balaban J connectivity index is 1.31. The van der Waals surface area contributed by atoms with E-state index in [1.807, 2.05) is 66.9 Å². The minimum Gasteiger partial charge on any atom is -0.438 e. The third-order valence-electron chi connectivity index (χ3n) is 6.39. The zero-order chi connectivity index (χ0) is 25.9. The highest BCUT2D eigenvalue weighted by atomic mass is 16.5. The van der Waals surface area contributed by atoms with E-state index >= 15 is 0 Å². The van der Waals surface area contributed by atoms with Crippen LogP contribution >= 0.6 is 0 Å². The van der Waals surface area contributed by atoms with Crippen molar-refractivity contribution >= 4 is 17.2 Å². The van der Waals surface area contributed by atoms with Gasteiger partial charge in [0.2, 0.25) is 11.8 Å². The van der Waals surface area contributed by atoms with Crippen LogP contribution in [0, 0.1) is 0 Å². The molecule has 1 aliphatic heterocycles. The fourth-order valence-corrected chi connectivity index (χ4v) is 4.52. The predicted molar refractivity (Wildman–Crippen MR) is 148 cm³/mol. The van der Waals surface area contributed by atoms with E-state index in [2.05, 4.69) is 54.6 Å². The summed E-state index contributed by atoms with van der Waals surface area (Å²) in [6, 6.07) is 25.6. The summed E-state index contributed by atoms with van der Waals surface area (Å²) < 4.78 is 6.19. The Morgan fingerprint density at radius 3 is 2.47 bits per heavy atom. The van der Waals surface area contributed by atoms with Gasteiger partial charge in [-0.25, -0.2) is 15.0 Å². The van der Waals surface area contributed by atoms with E-state index < -0.39 is 0 Å². The summed E-state index contributed by atoms with van der Waals surface area (Å²) in [5, 5.41) is 2.96. The number of fused-ring (bicyclic) bond motifs is 1. The maximum Gasteiger partial charge on any atom is 0.228 e. The summed E-state index contributed by atoms with van der Waals surface area (Å²) in [7, 11) is 1.78. The molecule has 3 N–H and O–H groups in total. The molecule has 4 heterocycles. The molecule has 1 unspecified atom stereocenters. The molecule has 2 aromatic carbocycles. The Morgan fingerprint density at radius 2 is 1.66 bits per heavy atom. The van der Waals surface area contributed by atoms with Gasteiger partial charge in [-0.05, 0) is 59.7 Å². The van der Waals surface area contributed by atoms with Crippen LogP contribution in [0.25, 0.3) is 16.8 Å². The number of aromatic nitrogens is 4. The van der Waals surface area contributed by atoms with Gasteiger partial charge in [-0.2, -0.15) is 0 Å². The van der Waals surface area contributed by atoms with Gasteiger partial charge in [0.15, 0.2) is 0 Å². The molecule has 3 aromatic heterocycles. The van der Waals surface area contributed by atoms with Crippen LogP contribution in [-0.2, 0) is 0 Å². The molecule has 186 valence electrons. The molecule has 0 aliphatic carbocycles. The molecular formula is C30H25N7O. The first kappa shape index (κ1) is 23.3. The summed E-state index contributed by atoms with van der Waals surface area (Å²) in [6.07, 6.45) is 8.80. The average molecular weight is 500 g/mol. The highest BCUT2D eigenvalue weighted by Gasteiger charge is 2.26. The van der Waals surface area contributed by atoms with Gasteiger partial charge in [-0.3, -0.25) is 4.98 Å². The fraction of sp³-hybridized carbons (Fsp3) is 0.0667. The number of nitrogens with two attached hydrogens (primary N) is 1. The molecule has 0 spiro atoms. The van der Waals surface area contributed by atoms with E-state index in [-0.39, 0.29) is 6.17 Å². The molecule has 8 nitrogen and oxygen atoms in total.